The number of amides is 1. The molecule has 4 rings (SSSR count). The average Bonchev–Trinajstić information content (AvgIpc) is 3.60. The molecule has 0 spiro atoms. The Morgan fingerprint density at radius 2 is 1.82 bits per heavy atom. The minimum Gasteiger partial charge on any atom is -0.492 e. The van der Waals surface area contributed by atoms with Gasteiger partial charge in [0.2, 0.25) is 5.91 Å². The van der Waals surface area contributed by atoms with Crippen LogP contribution in [0.25, 0.3) is 0 Å². The molecule has 0 bridgehead atoms. The zero-order chi connectivity index (χ0) is 23.5. The van der Waals surface area contributed by atoms with Crippen molar-refractivity contribution < 1.29 is 24.2 Å². The molecule has 2 aromatic rings. The third kappa shape index (κ3) is 5.00. The van der Waals surface area contributed by atoms with Crippen molar-refractivity contribution in [3.63, 3.8) is 0 Å². The number of likely N-dealkylation sites (N-methyl/N-ethyl adjacent to an activating group) is 1. The van der Waals surface area contributed by atoms with Crippen LogP contribution in [0.15, 0.2) is 48.5 Å². The van der Waals surface area contributed by atoms with Crippen LogP contribution in [0.2, 0.25) is 5.02 Å². The monoisotopic (exact) mass is 472 g/mol. The van der Waals surface area contributed by atoms with E-state index in [9.17, 15) is 14.7 Å². The maximum atomic E-state index is 13.7. The van der Waals surface area contributed by atoms with Gasteiger partial charge in [-0.1, -0.05) is 35.9 Å². The Morgan fingerprint density at radius 3 is 2.42 bits per heavy atom. The number of nitrogens with zero attached hydrogens (tertiary/aromatic N) is 1. The summed E-state index contributed by atoms with van der Waals surface area (Å²) in [6.07, 6.45) is 2.70. The molecular formula is C25H29ClN2O5. The van der Waals surface area contributed by atoms with Gasteiger partial charge < -0.3 is 19.9 Å². The fraction of sp³-hybridized carbons (Fsp3) is 0.440. The highest BCUT2D eigenvalue weighted by molar-refractivity contribution is 6.32. The average molecular weight is 473 g/mol. The quantitative estimate of drug-likeness (QED) is 0.578. The maximum absolute atomic E-state index is 13.7. The van der Waals surface area contributed by atoms with Gasteiger partial charge in [0, 0.05) is 24.8 Å². The number of hydrogen-bond donors (Lipinski definition) is 2. The molecule has 2 fully saturated rings. The minimum atomic E-state index is -1.03. The van der Waals surface area contributed by atoms with E-state index in [1.165, 1.54) is 12.1 Å². The van der Waals surface area contributed by atoms with Gasteiger partial charge in [-0.3, -0.25) is 9.69 Å². The molecule has 0 unspecified atom stereocenters. The number of carboxylic acid groups (broad SMARTS) is 1. The molecule has 0 aromatic heterocycles. The van der Waals surface area contributed by atoms with Crippen LogP contribution >= 0.6 is 11.6 Å². The predicted octanol–water partition coefficient (Wildman–Crippen LogP) is 3.70. The van der Waals surface area contributed by atoms with Gasteiger partial charge in [0.15, 0.2) is 0 Å². The number of para-hydroxylation sites is 1. The Balaban J connectivity index is 1.48. The van der Waals surface area contributed by atoms with E-state index in [1.807, 2.05) is 37.4 Å². The number of halogens is 1. The zero-order valence-corrected chi connectivity index (χ0v) is 19.4. The third-order valence-electron chi connectivity index (χ3n) is 6.75. The van der Waals surface area contributed by atoms with Crippen LogP contribution in [0.1, 0.15) is 41.6 Å². The van der Waals surface area contributed by atoms with E-state index in [0.29, 0.717) is 44.2 Å². The van der Waals surface area contributed by atoms with E-state index in [4.69, 9.17) is 21.1 Å². The van der Waals surface area contributed by atoms with Gasteiger partial charge in [-0.05, 0) is 62.6 Å². The fourth-order valence-corrected chi connectivity index (χ4v) is 4.84. The maximum Gasteiger partial charge on any atom is 0.335 e. The van der Waals surface area contributed by atoms with Crippen molar-refractivity contribution in [2.75, 3.05) is 33.4 Å². The number of rotatable bonds is 9. The van der Waals surface area contributed by atoms with Crippen molar-refractivity contribution in [2.24, 2.45) is 0 Å². The van der Waals surface area contributed by atoms with E-state index in [-0.39, 0.29) is 11.5 Å². The second kappa shape index (κ2) is 9.71. The van der Waals surface area contributed by atoms with Gasteiger partial charge in [-0.15, -0.1) is 0 Å². The number of hydrogen-bond acceptors (Lipinski definition) is 5. The molecule has 8 heteroatoms. The number of carbonyl (C=O) groups is 2. The Labute approximate surface area is 198 Å². The summed E-state index contributed by atoms with van der Waals surface area (Å²) in [5.41, 5.74) is -0.371. The van der Waals surface area contributed by atoms with Gasteiger partial charge in [-0.2, -0.15) is 0 Å². The molecule has 7 nitrogen and oxygen atoms in total. The number of carboxylic acids is 1. The van der Waals surface area contributed by atoms with Crippen molar-refractivity contribution in [3.8, 4) is 5.75 Å². The lowest BCUT2D eigenvalue weighted by molar-refractivity contribution is -0.140. The van der Waals surface area contributed by atoms with Crippen molar-refractivity contribution in [1.29, 1.82) is 0 Å². The lowest BCUT2D eigenvalue weighted by Crippen LogP contribution is -2.62. The van der Waals surface area contributed by atoms with Gasteiger partial charge in [0.25, 0.3) is 0 Å². The van der Waals surface area contributed by atoms with E-state index in [0.717, 1.165) is 24.2 Å². The van der Waals surface area contributed by atoms with Crippen molar-refractivity contribution in [3.05, 3.63) is 64.7 Å². The summed E-state index contributed by atoms with van der Waals surface area (Å²) in [6.45, 7) is 2.07. The molecule has 33 heavy (non-hydrogen) atoms. The molecule has 1 saturated heterocycles. The molecule has 2 aromatic carbocycles. The first-order chi connectivity index (χ1) is 15.9. The normalized spacial score (nSPS) is 18.5. The van der Waals surface area contributed by atoms with Gasteiger partial charge in [0.1, 0.15) is 17.9 Å². The van der Waals surface area contributed by atoms with Gasteiger partial charge >= 0.3 is 5.97 Å². The van der Waals surface area contributed by atoms with Crippen LogP contribution in [-0.4, -0.2) is 60.8 Å². The smallest absolute Gasteiger partial charge is 0.335 e. The molecular weight excluding hydrogens is 444 g/mol. The Morgan fingerprint density at radius 1 is 1.12 bits per heavy atom. The van der Waals surface area contributed by atoms with Crippen molar-refractivity contribution >= 4 is 23.5 Å². The van der Waals surface area contributed by atoms with Crippen LogP contribution in [0.3, 0.4) is 0 Å². The summed E-state index contributed by atoms with van der Waals surface area (Å²) >= 11 is 6.43. The van der Waals surface area contributed by atoms with Crippen LogP contribution in [0, 0.1) is 0 Å². The minimum absolute atomic E-state index is 0.0520. The van der Waals surface area contributed by atoms with E-state index < -0.39 is 17.0 Å². The van der Waals surface area contributed by atoms with Crippen molar-refractivity contribution in [1.82, 2.24) is 10.2 Å². The standard InChI is InChI=1S/C25H29ClN2O5/c1-28(13-16-33-19-5-3-2-4-6-19)25(11-14-32-15-12-25)23(31)27-24(9-10-24)20-8-7-18(22(29)30)17-21(20)26/h2-8,17H,9-16H2,1H3,(H,27,31)(H,29,30). The summed E-state index contributed by atoms with van der Waals surface area (Å²) in [5.74, 6) is -0.283. The summed E-state index contributed by atoms with van der Waals surface area (Å²) in [7, 11) is 1.95. The lowest BCUT2D eigenvalue weighted by atomic mass is 9.86. The van der Waals surface area contributed by atoms with E-state index in [2.05, 4.69) is 10.2 Å². The van der Waals surface area contributed by atoms with Crippen LogP contribution < -0.4 is 10.1 Å². The molecule has 2 N–H and O–H groups in total. The molecule has 1 heterocycles. The topological polar surface area (TPSA) is 88.1 Å². The van der Waals surface area contributed by atoms with E-state index in [1.54, 1.807) is 6.07 Å². The van der Waals surface area contributed by atoms with Gasteiger partial charge in [-0.25, -0.2) is 4.79 Å². The molecule has 1 saturated carbocycles. The summed E-state index contributed by atoms with van der Waals surface area (Å²) in [5, 5.41) is 12.8. The van der Waals surface area contributed by atoms with Crippen LogP contribution in [0.5, 0.6) is 5.75 Å². The Hall–Kier alpha value is -2.61. The molecule has 176 valence electrons. The number of ether oxygens (including phenoxy) is 2. The summed E-state index contributed by atoms with van der Waals surface area (Å²) in [6, 6.07) is 14.3. The van der Waals surface area contributed by atoms with Crippen molar-refractivity contribution in [2.45, 2.75) is 36.8 Å². The zero-order valence-electron chi connectivity index (χ0n) is 18.7. The SMILES string of the molecule is CN(CCOc1ccccc1)C1(C(=O)NC2(c3ccc(C(=O)O)cc3Cl)CC2)CCOCC1. The van der Waals surface area contributed by atoms with Crippen LogP contribution in [-0.2, 0) is 15.1 Å². The second-order valence-electron chi connectivity index (χ2n) is 8.76. The molecule has 0 radical (unpaired) electrons. The summed E-state index contributed by atoms with van der Waals surface area (Å²) < 4.78 is 11.4. The number of benzene rings is 2. The molecule has 1 amide bonds. The molecule has 2 aliphatic rings. The second-order valence-corrected chi connectivity index (χ2v) is 9.17. The van der Waals surface area contributed by atoms with E-state index >= 15 is 0 Å². The number of carbonyl (C=O) groups excluding carboxylic acids is 1. The molecule has 1 aliphatic heterocycles. The lowest BCUT2D eigenvalue weighted by Gasteiger charge is -2.43. The third-order valence-corrected chi connectivity index (χ3v) is 7.06. The number of aromatic carboxylic acids is 1. The highest BCUT2D eigenvalue weighted by atomic mass is 35.5. The first kappa shape index (κ1) is 23.5. The molecule has 0 atom stereocenters. The first-order valence-corrected chi connectivity index (χ1v) is 11.6. The Bertz CT molecular complexity index is 1000. The van der Waals surface area contributed by atoms with Crippen LogP contribution in [0.4, 0.5) is 0 Å². The molecule has 1 aliphatic carbocycles. The first-order valence-electron chi connectivity index (χ1n) is 11.2. The summed E-state index contributed by atoms with van der Waals surface area (Å²) in [4.78, 5) is 27.0. The number of nitrogens with one attached hydrogen (secondary N) is 1. The Kier molecular flexibility index (Phi) is 6.93. The predicted molar refractivity (Wildman–Crippen MR) is 125 cm³/mol. The highest BCUT2D eigenvalue weighted by Gasteiger charge is 2.52. The largest absolute Gasteiger partial charge is 0.492 e. The highest BCUT2D eigenvalue weighted by Crippen LogP contribution is 2.49. The fourth-order valence-electron chi connectivity index (χ4n) is 4.48. The van der Waals surface area contributed by atoms with Gasteiger partial charge in [0.05, 0.1) is 11.1 Å².